The van der Waals surface area contributed by atoms with Crippen LogP contribution in [0.15, 0.2) is 33.6 Å². The molecule has 0 saturated carbocycles. The molecule has 1 aromatic heterocycles. The number of benzene rings is 1. The molecule has 82 valence electrons. The molecule has 0 amide bonds. The van der Waals surface area contributed by atoms with Gasteiger partial charge in [-0.25, -0.2) is 4.98 Å². The summed E-state index contributed by atoms with van der Waals surface area (Å²) in [6.45, 7) is 0. The summed E-state index contributed by atoms with van der Waals surface area (Å²) in [7, 11) is 0. The van der Waals surface area contributed by atoms with Crippen LogP contribution in [0.1, 0.15) is 16.8 Å². The van der Waals surface area contributed by atoms with E-state index in [1.165, 1.54) is 11.3 Å². The average molecular weight is 303 g/mol. The highest BCUT2D eigenvalue weighted by atomic mass is 79.9. The van der Waals surface area contributed by atoms with E-state index in [-0.39, 0.29) is 0 Å². The fourth-order valence-corrected chi connectivity index (χ4v) is 2.24. The summed E-state index contributed by atoms with van der Waals surface area (Å²) in [5.41, 5.74) is 2.65. The van der Waals surface area contributed by atoms with E-state index in [0.717, 1.165) is 20.7 Å². The lowest BCUT2D eigenvalue weighted by molar-refractivity contribution is 1.26. The molecule has 2 nitrogen and oxygen atoms in total. The summed E-state index contributed by atoms with van der Waals surface area (Å²) in [6.07, 6.45) is 0.414. The molecule has 0 spiro atoms. The normalized spacial score (nSPS) is 9.18. The highest BCUT2D eigenvalue weighted by molar-refractivity contribution is 9.11. The Morgan fingerprint density at radius 3 is 2.94 bits per heavy atom. The van der Waals surface area contributed by atoms with Crippen LogP contribution >= 0.6 is 27.3 Å². The number of aromatic nitrogens is 1. The number of hydrogen-bond donors (Lipinski definition) is 0. The van der Waals surface area contributed by atoms with Gasteiger partial charge in [0.2, 0.25) is 0 Å². The number of thiazole rings is 1. The summed E-state index contributed by atoms with van der Waals surface area (Å²) in [4.78, 5) is 4.19. The van der Waals surface area contributed by atoms with E-state index in [1.807, 2.05) is 29.6 Å². The first-order valence-electron chi connectivity index (χ1n) is 4.87. The Morgan fingerprint density at radius 1 is 1.35 bits per heavy atom. The average Bonchev–Trinajstić information content (AvgIpc) is 2.74. The Kier molecular flexibility index (Phi) is 3.93. The Hall–Kier alpha value is -1.62. The van der Waals surface area contributed by atoms with Crippen LogP contribution in [0.5, 0.6) is 0 Å². The lowest BCUT2D eigenvalue weighted by Crippen LogP contribution is -1.83. The van der Waals surface area contributed by atoms with Crippen LogP contribution in [0.3, 0.4) is 0 Å². The number of halogens is 1. The first-order chi connectivity index (χ1) is 8.28. The van der Waals surface area contributed by atoms with Crippen molar-refractivity contribution in [2.24, 2.45) is 0 Å². The fourth-order valence-electron chi connectivity index (χ4n) is 1.30. The van der Waals surface area contributed by atoms with Crippen molar-refractivity contribution >= 4 is 27.3 Å². The van der Waals surface area contributed by atoms with E-state index in [9.17, 15) is 0 Å². The molecule has 0 aliphatic heterocycles. The molecule has 0 aliphatic rings. The maximum absolute atomic E-state index is 8.62. The van der Waals surface area contributed by atoms with Gasteiger partial charge in [0.25, 0.3) is 0 Å². The van der Waals surface area contributed by atoms with E-state index in [1.54, 1.807) is 0 Å². The second-order valence-electron chi connectivity index (χ2n) is 3.27. The van der Waals surface area contributed by atoms with Gasteiger partial charge in [0.1, 0.15) is 5.69 Å². The zero-order valence-corrected chi connectivity index (χ0v) is 11.2. The Labute approximate surface area is 112 Å². The molecule has 0 saturated heterocycles. The van der Waals surface area contributed by atoms with E-state index in [4.69, 9.17) is 5.26 Å². The molecule has 0 atom stereocenters. The number of nitriles is 1. The summed E-state index contributed by atoms with van der Waals surface area (Å²) in [5.74, 6) is 6.02. The molecule has 0 fully saturated rings. The van der Waals surface area contributed by atoms with Gasteiger partial charge in [0, 0.05) is 10.9 Å². The smallest absolute Gasteiger partial charge is 0.160 e. The lowest BCUT2D eigenvalue weighted by Gasteiger charge is -1.94. The van der Waals surface area contributed by atoms with Gasteiger partial charge in [-0.15, -0.1) is 11.3 Å². The molecule has 1 aromatic carbocycles. The SMILES string of the molecule is N#CCc1cccc(C#Cc2csc(Br)n2)c1. The molecule has 2 aromatic rings. The van der Waals surface area contributed by atoms with Gasteiger partial charge in [-0.2, -0.15) is 5.26 Å². The van der Waals surface area contributed by atoms with Gasteiger partial charge in [-0.05, 0) is 39.5 Å². The van der Waals surface area contributed by atoms with Gasteiger partial charge in [-0.1, -0.05) is 18.1 Å². The maximum atomic E-state index is 8.62. The summed E-state index contributed by atoms with van der Waals surface area (Å²) >= 11 is 4.80. The van der Waals surface area contributed by atoms with E-state index < -0.39 is 0 Å². The molecule has 0 unspecified atom stereocenters. The second kappa shape index (κ2) is 5.63. The molecule has 0 aliphatic carbocycles. The third-order valence-electron chi connectivity index (χ3n) is 2.02. The highest BCUT2D eigenvalue weighted by Crippen LogP contribution is 2.15. The van der Waals surface area contributed by atoms with Crippen LogP contribution in [0.4, 0.5) is 0 Å². The number of rotatable bonds is 1. The van der Waals surface area contributed by atoms with Crippen molar-refractivity contribution in [3.63, 3.8) is 0 Å². The zero-order chi connectivity index (χ0) is 12.1. The third-order valence-corrected chi connectivity index (χ3v) is 3.39. The molecule has 17 heavy (non-hydrogen) atoms. The Morgan fingerprint density at radius 2 is 2.24 bits per heavy atom. The quantitative estimate of drug-likeness (QED) is 0.757. The van der Waals surface area contributed by atoms with Crippen molar-refractivity contribution in [2.45, 2.75) is 6.42 Å². The summed E-state index contributed by atoms with van der Waals surface area (Å²) in [6, 6.07) is 9.81. The lowest BCUT2D eigenvalue weighted by atomic mass is 10.1. The number of nitrogens with zero attached hydrogens (tertiary/aromatic N) is 2. The van der Waals surface area contributed by atoms with Gasteiger partial charge >= 0.3 is 0 Å². The Bertz CT molecular complexity index is 629. The third kappa shape index (κ3) is 3.42. The van der Waals surface area contributed by atoms with E-state index in [2.05, 4.69) is 38.8 Å². The van der Waals surface area contributed by atoms with Gasteiger partial charge < -0.3 is 0 Å². The van der Waals surface area contributed by atoms with Crippen LogP contribution < -0.4 is 0 Å². The standard InChI is InChI=1S/C13H7BrN2S/c14-13-16-12(9-17-13)5-4-10-2-1-3-11(8-10)6-7-15/h1-3,8-9H,6H2. The van der Waals surface area contributed by atoms with Gasteiger partial charge in [0.05, 0.1) is 12.5 Å². The zero-order valence-electron chi connectivity index (χ0n) is 8.77. The predicted molar refractivity (Wildman–Crippen MR) is 71.6 cm³/mol. The summed E-state index contributed by atoms with van der Waals surface area (Å²) < 4.78 is 0.833. The number of hydrogen-bond acceptors (Lipinski definition) is 3. The van der Waals surface area contributed by atoms with Crippen LogP contribution in [0.25, 0.3) is 0 Å². The maximum Gasteiger partial charge on any atom is 0.160 e. The molecule has 0 radical (unpaired) electrons. The predicted octanol–water partition coefficient (Wildman–Crippen LogP) is 3.37. The van der Waals surface area contributed by atoms with Crippen LogP contribution in [0.2, 0.25) is 0 Å². The first-order valence-corrected chi connectivity index (χ1v) is 6.54. The molecular weight excluding hydrogens is 296 g/mol. The molecule has 0 N–H and O–H groups in total. The molecule has 4 heteroatoms. The van der Waals surface area contributed by atoms with Gasteiger partial charge in [-0.3, -0.25) is 0 Å². The van der Waals surface area contributed by atoms with Crippen molar-refractivity contribution in [2.75, 3.05) is 0 Å². The van der Waals surface area contributed by atoms with Crippen molar-refractivity contribution in [3.8, 4) is 17.9 Å². The molecule has 1 heterocycles. The van der Waals surface area contributed by atoms with Crippen molar-refractivity contribution < 1.29 is 0 Å². The minimum absolute atomic E-state index is 0.414. The van der Waals surface area contributed by atoms with Crippen molar-refractivity contribution in [1.29, 1.82) is 5.26 Å². The van der Waals surface area contributed by atoms with Crippen molar-refractivity contribution in [1.82, 2.24) is 4.98 Å². The van der Waals surface area contributed by atoms with E-state index >= 15 is 0 Å². The fraction of sp³-hybridized carbons (Fsp3) is 0.0769. The van der Waals surface area contributed by atoms with Crippen LogP contribution in [-0.2, 0) is 6.42 Å². The molecular formula is C13H7BrN2S. The largest absolute Gasteiger partial charge is 0.221 e. The van der Waals surface area contributed by atoms with Crippen LogP contribution in [0, 0.1) is 23.2 Å². The van der Waals surface area contributed by atoms with Gasteiger partial charge in [0.15, 0.2) is 3.92 Å². The minimum atomic E-state index is 0.414. The molecule has 2 rings (SSSR count). The minimum Gasteiger partial charge on any atom is -0.221 e. The second-order valence-corrected chi connectivity index (χ2v) is 5.41. The van der Waals surface area contributed by atoms with E-state index in [0.29, 0.717) is 6.42 Å². The Balaban J connectivity index is 2.22. The topological polar surface area (TPSA) is 36.7 Å². The molecule has 0 bridgehead atoms. The van der Waals surface area contributed by atoms with Crippen LogP contribution in [-0.4, -0.2) is 4.98 Å². The highest BCUT2D eigenvalue weighted by Gasteiger charge is 1.95. The first kappa shape index (κ1) is 11.9. The summed E-state index contributed by atoms with van der Waals surface area (Å²) in [5, 5.41) is 10.5. The monoisotopic (exact) mass is 302 g/mol. The van der Waals surface area contributed by atoms with Crippen molar-refractivity contribution in [3.05, 3.63) is 50.4 Å².